The Balaban J connectivity index is 1.52. The molecule has 3 heterocycles. The number of carbonyl (C=O) groups is 3. The van der Waals surface area contributed by atoms with Crippen molar-refractivity contribution in [1.82, 2.24) is 14.8 Å². The van der Waals surface area contributed by atoms with Crippen LogP contribution in [0, 0.1) is 11.8 Å². The van der Waals surface area contributed by atoms with Gasteiger partial charge in [0.25, 0.3) is 0 Å². The van der Waals surface area contributed by atoms with Gasteiger partial charge in [0.1, 0.15) is 9.71 Å². The number of pyridine rings is 1. The molecule has 0 spiro atoms. The lowest BCUT2D eigenvalue weighted by Gasteiger charge is -2.34. The molecule has 1 N–H and O–H groups in total. The quantitative estimate of drug-likeness (QED) is 0.591. The summed E-state index contributed by atoms with van der Waals surface area (Å²) in [4.78, 5) is 47.6. The summed E-state index contributed by atoms with van der Waals surface area (Å²) in [6, 6.07) is 3.87. The summed E-state index contributed by atoms with van der Waals surface area (Å²) in [5.41, 5.74) is 1.39. The summed E-state index contributed by atoms with van der Waals surface area (Å²) >= 11 is 1.24. The highest BCUT2D eigenvalue weighted by Gasteiger charge is 2.32. The molecule has 33 heavy (non-hydrogen) atoms. The number of hydrogen-bond donors (Lipinski definition) is 1. The molecule has 2 aliphatic rings. The molecule has 2 amide bonds. The van der Waals surface area contributed by atoms with Crippen LogP contribution < -0.4 is 5.32 Å². The molecule has 0 bridgehead atoms. The monoisotopic (exact) mass is 472 g/mol. The van der Waals surface area contributed by atoms with E-state index < -0.39 is 5.97 Å². The van der Waals surface area contributed by atoms with E-state index in [0.717, 1.165) is 62.9 Å². The lowest BCUT2D eigenvalue weighted by molar-refractivity contribution is -0.137. The first-order chi connectivity index (χ1) is 15.9. The Hall–Kier alpha value is -2.52. The minimum atomic E-state index is -0.473. The zero-order valence-electron chi connectivity index (χ0n) is 19.6. The van der Waals surface area contributed by atoms with Crippen molar-refractivity contribution in [3.05, 3.63) is 22.7 Å². The Kier molecular flexibility index (Phi) is 7.29. The summed E-state index contributed by atoms with van der Waals surface area (Å²) in [5.74, 6) is -0.228. The smallest absolute Gasteiger partial charge is 0.350 e. The number of rotatable bonds is 8. The highest BCUT2D eigenvalue weighted by atomic mass is 32.1. The standard InChI is InChI=1S/C24H32N4O4S/c1-4-28(5-2)23(30)16-7-6-12-27(13-16)14-17-10-11-18-19(26-21(29)15-8-9-15)20(24(31)32-3)33-22(18)25-17/h10-11,15-16H,4-9,12-14H2,1-3H3,(H,26,29)/t16-/m1/s1. The van der Waals surface area contributed by atoms with Gasteiger partial charge in [-0.15, -0.1) is 11.3 Å². The van der Waals surface area contributed by atoms with Crippen molar-refractivity contribution < 1.29 is 19.1 Å². The Labute approximate surface area is 198 Å². The number of esters is 1. The van der Waals surface area contributed by atoms with E-state index in [1.165, 1.54) is 18.4 Å². The zero-order chi connectivity index (χ0) is 23.5. The lowest BCUT2D eigenvalue weighted by Crippen LogP contribution is -2.44. The van der Waals surface area contributed by atoms with Gasteiger partial charge >= 0.3 is 5.97 Å². The second-order valence-corrected chi connectivity index (χ2v) is 9.80. The van der Waals surface area contributed by atoms with Crippen molar-refractivity contribution >= 4 is 45.0 Å². The van der Waals surface area contributed by atoms with E-state index in [9.17, 15) is 14.4 Å². The highest BCUT2D eigenvalue weighted by Crippen LogP contribution is 2.38. The number of anilines is 1. The van der Waals surface area contributed by atoms with Crippen LogP contribution in [-0.2, 0) is 20.9 Å². The summed E-state index contributed by atoms with van der Waals surface area (Å²) < 4.78 is 4.94. The van der Waals surface area contributed by atoms with Gasteiger partial charge in [-0.1, -0.05) is 0 Å². The van der Waals surface area contributed by atoms with Crippen molar-refractivity contribution in [2.75, 3.05) is 38.6 Å². The van der Waals surface area contributed by atoms with Gasteiger partial charge in [-0.25, -0.2) is 9.78 Å². The van der Waals surface area contributed by atoms with E-state index in [2.05, 4.69) is 10.2 Å². The topological polar surface area (TPSA) is 91.8 Å². The highest BCUT2D eigenvalue weighted by molar-refractivity contribution is 7.21. The number of aromatic nitrogens is 1. The fourth-order valence-electron chi connectivity index (χ4n) is 4.46. The molecule has 0 unspecified atom stereocenters. The third kappa shape index (κ3) is 5.19. The van der Waals surface area contributed by atoms with Crippen LogP contribution >= 0.6 is 11.3 Å². The molecule has 0 aromatic carbocycles. The van der Waals surface area contributed by atoms with Crippen molar-refractivity contribution in [3.8, 4) is 0 Å². The number of likely N-dealkylation sites (tertiary alicyclic amines) is 1. The first-order valence-electron chi connectivity index (χ1n) is 11.8. The van der Waals surface area contributed by atoms with Crippen LogP contribution in [0.15, 0.2) is 12.1 Å². The Morgan fingerprint density at radius 3 is 2.61 bits per heavy atom. The number of piperidine rings is 1. The third-order valence-corrected chi connectivity index (χ3v) is 7.58. The van der Waals surface area contributed by atoms with Crippen molar-refractivity contribution in [2.24, 2.45) is 11.8 Å². The summed E-state index contributed by atoms with van der Waals surface area (Å²) in [6.45, 7) is 7.83. The minimum absolute atomic E-state index is 0.0271. The lowest BCUT2D eigenvalue weighted by atomic mass is 9.96. The van der Waals surface area contributed by atoms with Gasteiger partial charge in [0, 0.05) is 37.5 Å². The van der Waals surface area contributed by atoms with E-state index in [4.69, 9.17) is 9.72 Å². The van der Waals surface area contributed by atoms with Crippen LogP contribution in [0.3, 0.4) is 0 Å². The van der Waals surface area contributed by atoms with Gasteiger partial charge in [0.15, 0.2) is 0 Å². The average molecular weight is 473 g/mol. The van der Waals surface area contributed by atoms with Crippen LogP contribution in [0.4, 0.5) is 5.69 Å². The molecule has 178 valence electrons. The largest absolute Gasteiger partial charge is 0.465 e. The number of nitrogens with one attached hydrogen (secondary N) is 1. The second kappa shape index (κ2) is 10.2. The number of amides is 2. The molecule has 2 aromatic rings. The zero-order valence-corrected chi connectivity index (χ0v) is 20.4. The van der Waals surface area contributed by atoms with E-state index in [0.29, 0.717) is 21.9 Å². The average Bonchev–Trinajstić information content (AvgIpc) is 3.62. The predicted molar refractivity (Wildman–Crippen MR) is 128 cm³/mol. The Bertz CT molecular complexity index is 1040. The number of carbonyl (C=O) groups excluding carboxylic acids is 3. The van der Waals surface area contributed by atoms with Crippen molar-refractivity contribution in [3.63, 3.8) is 0 Å². The number of methoxy groups -OCH3 is 1. The summed E-state index contributed by atoms with van der Waals surface area (Å²) in [5, 5.41) is 3.69. The van der Waals surface area contributed by atoms with E-state index in [1.54, 1.807) is 0 Å². The molecular weight excluding hydrogens is 440 g/mol. The van der Waals surface area contributed by atoms with E-state index in [-0.39, 0.29) is 23.7 Å². The number of thiophene rings is 1. The normalized spacial score (nSPS) is 18.8. The molecule has 1 atom stereocenters. The molecule has 1 saturated carbocycles. The van der Waals surface area contributed by atoms with Crippen LogP contribution in [0.5, 0.6) is 0 Å². The van der Waals surface area contributed by atoms with Gasteiger partial charge in [-0.2, -0.15) is 0 Å². The summed E-state index contributed by atoms with van der Waals surface area (Å²) in [6.07, 6.45) is 3.69. The van der Waals surface area contributed by atoms with Crippen LogP contribution in [0.1, 0.15) is 54.9 Å². The van der Waals surface area contributed by atoms with Gasteiger partial charge in [-0.05, 0) is 58.2 Å². The van der Waals surface area contributed by atoms with Crippen LogP contribution in [0.2, 0.25) is 0 Å². The van der Waals surface area contributed by atoms with E-state index >= 15 is 0 Å². The number of ether oxygens (including phenoxy) is 1. The molecule has 2 aromatic heterocycles. The second-order valence-electron chi connectivity index (χ2n) is 8.80. The molecule has 2 fully saturated rings. The maximum absolute atomic E-state index is 12.8. The molecule has 8 nitrogen and oxygen atoms in total. The number of nitrogens with zero attached hydrogens (tertiary/aromatic N) is 3. The van der Waals surface area contributed by atoms with Gasteiger partial charge in [-0.3, -0.25) is 14.5 Å². The predicted octanol–water partition coefficient (Wildman–Crippen LogP) is 3.51. The first-order valence-corrected chi connectivity index (χ1v) is 12.6. The van der Waals surface area contributed by atoms with Crippen molar-refractivity contribution in [2.45, 2.75) is 46.1 Å². The van der Waals surface area contributed by atoms with Crippen LogP contribution in [-0.4, -0.2) is 65.9 Å². The molecular formula is C24H32N4O4S. The maximum Gasteiger partial charge on any atom is 0.350 e. The van der Waals surface area contributed by atoms with E-state index in [1.807, 2.05) is 30.9 Å². The van der Waals surface area contributed by atoms with Crippen molar-refractivity contribution in [1.29, 1.82) is 0 Å². The molecule has 0 radical (unpaired) electrons. The fraction of sp³-hybridized carbons (Fsp3) is 0.583. The maximum atomic E-state index is 12.8. The molecule has 1 aliphatic carbocycles. The summed E-state index contributed by atoms with van der Waals surface area (Å²) in [7, 11) is 1.34. The minimum Gasteiger partial charge on any atom is -0.465 e. The van der Waals surface area contributed by atoms with Gasteiger partial charge < -0.3 is 15.0 Å². The number of hydrogen-bond acceptors (Lipinski definition) is 7. The van der Waals surface area contributed by atoms with Gasteiger partial charge in [0.05, 0.1) is 24.4 Å². The molecule has 1 aliphatic heterocycles. The SMILES string of the molecule is CCN(CC)C(=O)[C@@H]1CCCN(Cc2ccc3c(NC(=O)C4CC4)c(C(=O)OC)sc3n2)C1. The molecule has 1 saturated heterocycles. The molecule has 4 rings (SSSR count). The molecule has 9 heteroatoms. The first kappa shape index (κ1) is 23.6. The third-order valence-electron chi connectivity index (χ3n) is 6.50. The van der Waals surface area contributed by atoms with Gasteiger partial charge in [0.2, 0.25) is 11.8 Å². The number of fused-ring (bicyclic) bond motifs is 1. The Morgan fingerprint density at radius 2 is 1.94 bits per heavy atom. The Morgan fingerprint density at radius 1 is 1.18 bits per heavy atom. The fourth-order valence-corrected chi connectivity index (χ4v) is 5.53. The van der Waals surface area contributed by atoms with Crippen LogP contribution in [0.25, 0.3) is 10.2 Å².